The Hall–Kier alpha value is -2.93. The summed E-state index contributed by atoms with van der Waals surface area (Å²) in [6.45, 7) is 7.16. The lowest BCUT2D eigenvalue weighted by Crippen LogP contribution is -2.43. The van der Waals surface area contributed by atoms with Crippen molar-refractivity contribution in [3.8, 4) is 5.69 Å². The van der Waals surface area contributed by atoms with Gasteiger partial charge in [-0.1, -0.05) is 22.9 Å². The molecule has 0 radical (unpaired) electrons. The van der Waals surface area contributed by atoms with Crippen LogP contribution in [0.5, 0.6) is 0 Å². The summed E-state index contributed by atoms with van der Waals surface area (Å²) in [5.41, 5.74) is 3.11. The van der Waals surface area contributed by atoms with E-state index in [1.54, 1.807) is 9.58 Å². The first-order chi connectivity index (χ1) is 13.0. The Morgan fingerprint density at radius 1 is 1.11 bits per heavy atom. The summed E-state index contributed by atoms with van der Waals surface area (Å²) in [5, 5.41) is 8.37. The number of rotatable bonds is 3. The van der Waals surface area contributed by atoms with Crippen LogP contribution in [0.2, 0.25) is 0 Å². The average Bonchev–Trinajstić information content (AvgIpc) is 3.28. The predicted octanol–water partition coefficient (Wildman–Crippen LogP) is 3.00. The summed E-state index contributed by atoms with van der Waals surface area (Å²) in [4.78, 5) is 15.0. The molecular weight excluding hydrogens is 344 g/mol. The number of carbonyl (C=O) groups is 1. The van der Waals surface area contributed by atoms with Gasteiger partial charge in [-0.3, -0.25) is 4.79 Å². The number of hydrogen-bond acceptors (Lipinski definition) is 5. The molecule has 0 saturated carbocycles. The van der Waals surface area contributed by atoms with Crippen molar-refractivity contribution in [1.82, 2.24) is 19.9 Å². The van der Waals surface area contributed by atoms with Gasteiger partial charge in [-0.05, 0) is 45.0 Å². The second-order valence-electron chi connectivity index (χ2n) is 6.81. The van der Waals surface area contributed by atoms with Gasteiger partial charge in [0.05, 0.1) is 24.6 Å². The van der Waals surface area contributed by atoms with Crippen molar-refractivity contribution in [2.75, 3.05) is 19.8 Å². The summed E-state index contributed by atoms with van der Waals surface area (Å²) >= 11 is 0. The number of amides is 1. The number of benzene rings is 1. The maximum Gasteiger partial charge on any atom is 0.277 e. The van der Waals surface area contributed by atoms with Gasteiger partial charge < -0.3 is 14.1 Å². The number of nitrogens with zero attached hydrogens (tertiary/aromatic N) is 4. The molecule has 1 aliphatic rings. The van der Waals surface area contributed by atoms with E-state index in [1.807, 2.05) is 57.2 Å². The van der Waals surface area contributed by atoms with Crippen LogP contribution in [0, 0.1) is 20.8 Å². The normalized spacial score (nSPS) is 17.3. The number of aryl methyl sites for hydroxylation is 2. The Morgan fingerprint density at radius 2 is 1.89 bits per heavy atom. The van der Waals surface area contributed by atoms with Crippen molar-refractivity contribution >= 4 is 5.91 Å². The molecule has 4 rings (SSSR count). The summed E-state index contributed by atoms with van der Waals surface area (Å²) in [7, 11) is 0. The van der Waals surface area contributed by atoms with Crippen molar-refractivity contribution in [2.45, 2.75) is 26.8 Å². The monoisotopic (exact) mass is 366 g/mol. The highest BCUT2D eigenvalue weighted by molar-refractivity contribution is 5.93. The maximum atomic E-state index is 13.2. The molecule has 1 aliphatic heterocycles. The first-order valence-corrected chi connectivity index (χ1v) is 8.99. The molecule has 2 aromatic heterocycles. The highest BCUT2D eigenvalue weighted by atomic mass is 16.5. The second kappa shape index (κ2) is 7.00. The molecule has 7 nitrogen and oxygen atoms in total. The number of ether oxygens (including phenoxy) is 1. The zero-order chi connectivity index (χ0) is 19.0. The Labute approximate surface area is 157 Å². The van der Waals surface area contributed by atoms with Gasteiger partial charge in [-0.25, -0.2) is 4.68 Å². The zero-order valence-corrected chi connectivity index (χ0v) is 15.7. The van der Waals surface area contributed by atoms with Crippen molar-refractivity contribution in [3.63, 3.8) is 0 Å². The van der Waals surface area contributed by atoms with Gasteiger partial charge in [0.15, 0.2) is 5.69 Å². The molecular formula is C20H22N4O3. The summed E-state index contributed by atoms with van der Waals surface area (Å²) in [6.07, 6.45) is 0. The Balaban J connectivity index is 1.64. The number of furan rings is 1. The third-order valence-electron chi connectivity index (χ3n) is 4.85. The van der Waals surface area contributed by atoms with E-state index >= 15 is 0 Å². The van der Waals surface area contributed by atoms with Crippen LogP contribution in [-0.4, -0.2) is 45.6 Å². The molecule has 1 aromatic carbocycles. The van der Waals surface area contributed by atoms with E-state index in [2.05, 4.69) is 10.3 Å². The first kappa shape index (κ1) is 17.5. The van der Waals surface area contributed by atoms with Gasteiger partial charge in [-0.15, -0.1) is 5.10 Å². The lowest BCUT2D eigenvalue weighted by atomic mass is 10.1. The second-order valence-corrected chi connectivity index (χ2v) is 6.81. The summed E-state index contributed by atoms with van der Waals surface area (Å²) in [5.74, 6) is 1.38. The third kappa shape index (κ3) is 3.26. The SMILES string of the molecule is Cc1ccc(-n2nnc(C(=O)N3CCOCC3c3ccc(C)o3)c2C)cc1. The van der Waals surface area contributed by atoms with E-state index in [9.17, 15) is 4.79 Å². The molecule has 1 saturated heterocycles. The average molecular weight is 366 g/mol. The van der Waals surface area contributed by atoms with Gasteiger partial charge in [0.25, 0.3) is 5.91 Å². The van der Waals surface area contributed by atoms with Gasteiger partial charge in [-0.2, -0.15) is 0 Å². The zero-order valence-electron chi connectivity index (χ0n) is 15.7. The molecule has 1 amide bonds. The minimum absolute atomic E-state index is 0.159. The van der Waals surface area contributed by atoms with Crippen molar-refractivity contribution < 1.29 is 13.9 Å². The fraction of sp³-hybridized carbons (Fsp3) is 0.350. The van der Waals surface area contributed by atoms with Crippen LogP contribution >= 0.6 is 0 Å². The first-order valence-electron chi connectivity index (χ1n) is 8.99. The van der Waals surface area contributed by atoms with Gasteiger partial charge in [0.1, 0.15) is 17.6 Å². The van der Waals surface area contributed by atoms with E-state index in [4.69, 9.17) is 9.15 Å². The topological polar surface area (TPSA) is 73.4 Å². The van der Waals surface area contributed by atoms with E-state index < -0.39 is 0 Å². The number of morpholine rings is 1. The van der Waals surface area contributed by atoms with Gasteiger partial charge >= 0.3 is 0 Å². The van der Waals surface area contributed by atoms with Crippen LogP contribution in [0.1, 0.15) is 39.3 Å². The van der Waals surface area contributed by atoms with Crippen LogP contribution in [0.15, 0.2) is 40.8 Å². The summed E-state index contributed by atoms with van der Waals surface area (Å²) in [6, 6.07) is 11.5. The van der Waals surface area contributed by atoms with Crippen LogP contribution in [0.4, 0.5) is 0 Å². The van der Waals surface area contributed by atoms with Crippen LogP contribution in [-0.2, 0) is 4.74 Å². The van der Waals surface area contributed by atoms with E-state index in [0.29, 0.717) is 31.1 Å². The molecule has 1 fully saturated rings. The lowest BCUT2D eigenvalue weighted by Gasteiger charge is -2.34. The molecule has 0 aliphatic carbocycles. The molecule has 0 bridgehead atoms. The maximum absolute atomic E-state index is 13.2. The van der Waals surface area contributed by atoms with E-state index in [-0.39, 0.29) is 11.9 Å². The van der Waals surface area contributed by atoms with Crippen molar-refractivity contribution in [1.29, 1.82) is 0 Å². The Kier molecular flexibility index (Phi) is 4.53. The highest BCUT2D eigenvalue weighted by Gasteiger charge is 2.33. The molecule has 140 valence electrons. The van der Waals surface area contributed by atoms with Crippen molar-refractivity contribution in [3.05, 3.63) is 64.9 Å². The fourth-order valence-corrected chi connectivity index (χ4v) is 3.31. The molecule has 1 unspecified atom stereocenters. The quantitative estimate of drug-likeness (QED) is 0.712. The molecule has 0 N–H and O–H groups in total. The number of carbonyl (C=O) groups excluding carboxylic acids is 1. The molecule has 7 heteroatoms. The molecule has 3 aromatic rings. The molecule has 27 heavy (non-hydrogen) atoms. The van der Waals surface area contributed by atoms with Gasteiger partial charge in [0, 0.05) is 6.54 Å². The van der Waals surface area contributed by atoms with Crippen molar-refractivity contribution in [2.24, 2.45) is 0 Å². The molecule has 0 spiro atoms. The smallest absolute Gasteiger partial charge is 0.277 e. The predicted molar refractivity (Wildman–Crippen MR) is 98.9 cm³/mol. The van der Waals surface area contributed by atoms with E-state index in [1.165, 1.54) is 0 Å². The van der Waals surface area contributed by atoms with Crippen LogP contribution < -0.4 is 0 Å². The van der Waals surface area contributed by atoms with Crippen LogP contribution in [0.3, 0.4) is 0 Å². The fourth-order valence-electron chi connectivity index (χ4n) is 3.31. The molecule has 1 atom stereocenters. The Morgan fingerprint density at radius 3 is 2.59 bits per heavy atom. The lowest BCUT2D eigenvalue weighted by molar-refractivity contribution is -0.00929. The minimum Gasteiger partial charge on any atom is -0.464 e. The number of hydrogen-bond donors (Lipinski definition) is 0. The molecule has 3 heterocycles. The standard InChI is InChI=1S/C20H22N4O3/c1-13-4-7-16(8-5-13)24-15(3)19(21-22-24)20(25)23-10-11-26-12-17(23)18-9-6-14(2)27-18/h4-9,17H,10-12H2,1-3H3. The minimum atomic E-state index is -0.260. The summed E-state index contributed by atoms with van der Waals surface area (Å²) < 4.78 is 13.0. The Bertz CT molecular complexity index is 958. The largest absolute Gasteiger partial charge is 0.464 e. The number of aromatic nitrogens is 3. The highest BCUT2D eigenvalue weighted by Crippen LogP contribution is 2.28. The van der Waals surface area contributed by atoms with E-state index in [0.717, 1.165) is 22.8 Å². The van der Waals surface area contributed by atoms with Gasteiger partial charge in [0.2, 0.25) is 0 Å². The van der Waals surface area contributed by atoms with Crippen LogP contribution in [0.25, 0.3) is 5.69 Å². The third-order valence-corrected chi connectivity index (χ3v) is 4.85.